The Morgan fingerprint density at radius 2 is 2.05 bits per heavy atom. The predicted octanol–water partition coefficient (Wildman–Crippen LogP) is 4.84. The van der Waals surface area contributed by atoms with Crippen molar-refractivity contribution in [3.63, 3.8) is 0 Å². The van der Waals surface area contributed by atoms with Crippen molar-refractivity contribution in [2.24, 2.45) is 0 Å². The van der Waals surface area contributed by atoms with Gasteiger partial charge in [0.05, 0.1) is 5.69 Å². The first-order valence-electron chi connectivity index (χ1n) is 6.90. The van der Waals surface area contributed by atoms with Crippen molar-refractivity contribution in [3.8, 4) is 0 Å². The molecule has 1 N–H and O–H groups in total. The number of anilines is 2. The summed E-state index contributed by atoms with van der Waals surface area (Å²) in [4.78, 5) is 4.50. The summed E-state index contributed by atoms with van der Waals surface area (Å²) in [6.45, 7) is 1.97. The van der Waals surface area contributed by atoms with Crippen molar-refractivity contribution in [1.82, 2.24) is 9.55 Å². The average molecular weight is 294 g/mol. The molecule has 0 radical (unpaired) electrons. The number of rotatable bonds is 3. The number of halogens is 2. The molecule has 0 saturated heterocycles. The lowest BCUT2D eigenvalue weighted by Crippen LogP contribution is -2.08. The van der Waals surface area contributed by atoms with E-state index in [4.69, 9.17) is 11.6 Å². The van der Waals surface area contributed by atoms with Crippen LogP contribution >= 0.6 is 11.6 Å². The first-order chi connectivity index (χ1) is 9.61. The summed E-state index contributed by atoms with van der Waals surface area (Å²) in [6.07, 6.45) is 6.92. The van der Waals surface area contributed by atoms with Gasteiger partial charge in [0.1, 0.15) is 5.82 Å². The second-order valence-corrected chi connectivity index (χ2v) is 5.77. The Morgan fingerprint density at radius 3 is 2.75 bits per heavy atom. The zero-order valence-electron chi connectivity index (χ0n) is 11.4. The maximum Gasteiger partial charge on any atom is 0.207 e. The van der Waals surface area contributed by atoms with Crippen molar-refractivity contribution < 1.29 is 4.39 Å². The number of benzene rings is 1. The monoisotopic (exact) mass is 293 g/mol. The molecule has 1 aliphatic carbocycles. The Balaban J connectivity index is 1.89. The van der Waals surface area contributed by atoms with Gasteiger partial charge in [-0.05, 0) is 38.0 Å². The molecule has 0 bridgehead atoms. The van der Waals surface area contributed by atoms with Crippen LogP contribution in [0, 0.1) is 12.7 Å². The Bertz CT molecular complexity index is 597. The van der Waals surface area contributed by atoms with E-state index in [0.29, 0.717) is 16.8 Å². The molecule has 1 saturated carbocycles. The molecule has 1 aliphatic rings. The maximum absolute atomic E-state index is 13.4. The molecule has 0 spiro atoms. The molecule has 20 heavy (non-hydrogen) atoms. The molecule has 5 heteroatoms. The summed E-state index contributed by atoms with van der Waals surface area (Å²) in [6, 6.07) is 4.91. The molecule has 1 aromatic carbocycles. The number of imidazole rings is 1. The van der Waals surface area contributed by atoms with Crippen molar-refractivity contribution in [2.45, 2.75) is 38.6 Å². The molecule has 0 amide bonds. The Hall–Kier alpha value is -1.55. The third kappa shape index (κ3) is 2.80. The second kappa shape index (κ2) is 5.44. The SMILES string of the molecule is Cc1cn(C2CCCC2)c(Nc2cc(F)cc(Cl)c2)n1. The van der Waals surface area contributed by atoms with E-state index in [9.17, 15) is 4.39 Å². The summed E-state index contributed by atoms with van der Waals surface area (Å²) in [7, 11) is 0. The lowest BCUT2D eigenvalue weighted by molar-refractivity contribution is 0.524. The Kier molecular flexibility index (Phi) is 3.66. The minimum absolute atomic E-state index is 0.351. The fraction of sp³-hybridized carbons (Fsp3) is 0.400. The highest BCUT2D eigenvalue weighted by molar-refractivity contribution is 6.30. The Labute approximate surface area is 122 Å². The van der Waals surface area contributed by atoms with Gasteiger partial charge in [0, 0.05) is 22.9 Å². The van der Waals surface area contributed by atoms with Crippen LogP contribution in [0.2, 0.25) is 5.02 Å². The summed E-state index contributed by atoms with van der Waals surface area (Å²) in [5.41, 5.74) is 1.58. The van der Waals surface area contributed by atoms with Gasteiger partial charge in [-0.3, -0.25) is 0 Å². The van der Waals surface area contributed by atoms with Gasteiger partial charge in [0.25, 0.3) is 0 Å². The van der Waals surface area contributed by atoms with Gasteiger partial charge in [0.15, 0.2) is 0 Å². The number of nitrogens with zero attached hydrogens (tertiary/aromatic N) is 2. The van der Waals surface area contributed by atoms with E-state index in [-0.39, 0.29) is 5.82 Å². The van der Waals surface area contributed by atoms with E-state index in [0.717, 1.165) is 11.6 Å². The van der Waals surface area contributed by atoms with E-state index < -0.39 is 0 Å². The van der Waals surface area contributed by atoms with Gasteiger partial charge < -0.3 is 9.88 Å². The average Bonchev–Trinajstić information content (AvgIpc) is 2.97. The minimum atomic E-state index is -0.351. The van der Waals surface area contributed by atoms with Crippen molar-refractivity contribution in [1.29, 1.82) is 0 Å². The lowest BCUT2D eigenvalue weighted by Gasteiger charge is -2.15. The molecule has 3 rings (SSSR count). The van der Waals surface area contributed by atoms with Crippen molar-refractivity contribution in [2.75, 3.05) is 5.32 Å². The molecule has 1 heterocycles. The fourth-order valence-corrected chi connectivity index (χ4v) is 3.05. The summed E-state index contributed by atoms with van der Waals surface area (Å²) in [5.74, 6) is 0.409. The van der Waals surface area contributed by atoms with Crippen LogP contribution in [0.4, 0.5) is 16.0 Å². The lowest BCUT2D eigenvalue weighted by atomic mass is 10.2. The van der Waals surface area contributed by atoms with Crippen molar-refractivity contribution >= 4 is 23.2 Å². The minimum Gasteiger partial charge on any atom is -0.325 e. The smallest absolute Gasteiger partial charge is 0.207 e. The number of aromatic nitrogens is 2. The second-order valence-electron chi connectivity index (χ2n) is 5.33. The van der Waals surface area contributed by atoms with Crippen LogP contribution in [0.3, 0.4) is 0 Å². The predicted molar refractivity (Wildman–Crippen MR) is 79.2 cm³/mol. The van der Waals surface area contributed by atoms with Crippen LogP contribution in [0.5, 0.6) is 0 Å². The van der Waals surface area contributed by atoms with Crippen LogP contribution in [0.15, 0.2) is 24.4 Å². The number of hydrogen-bond acceptors (Lipinski definition) is 2. The first-order valence-corrected chi connectivity index (χ1v) is 7.28. The zero-order valence-corrected chi connectivity index (χ0v) is 12.1. The van der Waals surface area contributed by atoms with E-state index in [2.05, 4.69) is 21.1 Å². The highest BCUT2D eigenvalue weighted by Crippen LogP contribution is 2.33. The summed E-state index contributed by atoms with van der Waals surface area (Å²) < 4.78 is 15.6. The third-order valence-corrected chi connectivity index (χ3v) is 3.91. The van der Waals surface area contributed by atoms with E-state index in [1.165, 1.54) is 37.8 Å². The Morgan fingerprint density at radius 1 is 1.30 bits per heavy atom. The summed E-state index contributed by atoms with van der Waals surface area (Å²) in [5, 5.41) is 3.56. The summed E-state index contributed by atoms with van der Waals surface area (Å²) >= 11 is 5.88. The molecule has 1 fully saturated rings. The third-order valence-electron chi connectivity index (χ3n) is 3.69. The van der Waals surface area contributed by atoms with Gasteiger partial charge in [-0.2, -0.15) is 0 Å². The van der Waals surface area contributed by atoms with E-state index in [1.54, 1.807) is 6.07 Å². The van der Waals surface area contributed by atoms with Crippen LogP contribution in [-0.2, 0) is 0 Å². The quantitative estimate of drug-likeness (QED) is 0.877. The highest BCUT2D eigenvalue weighted by atomic mass is 35.5. The van der Waals surface area contributed by atoms with E-state index in [1.807, 2.05) is 6.92 Å². The molecule has 2 aromatic rings. The molecule has 0 unspecified atom stereocenters. The number of aryl methyl sites for hydroxylation is 1. The maximum atomic E-state index is 13.4. The number of nitrogens with one attached hydrogen (secondary N) is 1. The first kappa shape index (κ1) is 13.4. The van der Waals surface area contributed by atoms with Crippen molar-refractivity contribution in [3.05, 3.63) is 40.9 Å². The fourth-order valence-electron chi connectivity index (χ4n) is 2.82. The van der Waals surface area contributed by atoms with Crippen LogP contribution in [-0.4, -0.2) is 9.55 Å². The van der Waals surface area contributed by atoms with Gasteiger partial charge in [-0.15, -0.1) is 0 Å². The molecule has 106 valence electrons. The molecule has 1 aromatic heterocycles. The van der Waals surface area contributed by atoms with Gasteiger partial charge in [-0.25, -0.2) is 9.37 Å². The van der Waals surface area contributed by atoms with Gasteiger partial charge in [-0.1, -0.05) is 24.4 Å². The molecular weight excluding hydrogens is 277 g/mol. The molecule has 0 atom stereocenters. The van der Waals surface area contributed by atoms with Crippen LogP contribution < -0.4 is 5.32 Å². The van der Waals surface area contributed by atoms with Gasteiger partial charge >= 0.3 is 0 Å². The molecular formula is C15H17ClFN3. The van der Waals surface area contributed by atoms with Gasteiger partial charge in [0.2, 0.25) is 5.95 Å². The molecule has 0 aliphatic heterocycles. The molecule has 3 nitrogen and oxygen atoms in total. The zero-order chi connectivity index (χ0) is 14.1. The topological polar surface area (TPSA) is 29.9 Å². The standard InChI is InChI=1S/C15H17ClFN3/c1-10-9-20(14-4-2-3-5-14)15(18-10)19-13-7-11(16)6-12(17)8-13/h6-9,14H,2-5H2,1H3,(H,18,19). The normalized spacial score (nSPS) is 15.8. The van der Waals surface area contributed by atoms with E-state index >= 15 is 0 Å². The number of hydrogen-bond donors (Lipinski definition) is 1. The highest BCUT2D eigenvalue weighted by Gasteiger charge is 2.20. The van der Waals surface area contributed by atoms with Crippen LogP contribution in [0.25, 0.3) is 0 Å². The largest absolute Gasteiger partial charge is 0.325 e. The van der Waals surface area contributed by atoms with Crippen LogP contribution in [0.1, 0.15) is 37.4 Å².